The van der Waals surface area contributed by atoms with Crippen molar-refractivity contribution in [1.29, 1.82) is 0 Å². The molecule has 0 bridgehead atoms. The van der Waals surface area contributed by atoms with Gasteiger partial charge < -0.3 is 20.5 Å². The lowest BCUT2D eigenvalue weighted by atomic mass is 9.98. The van der Waals surface area contributed by atoms with Crippen molar-refractivity contribution < 1.29 is 14.3 Å². The number of hydrogen-bond donors (Lipinski definition) is 2. The van der Waals surface area contributed by atoms with E-state index in [0.29, 0.717) is 24.5 Å². The topological polar surface area (TPSA) is 73.6 Å². The summed E-state index contributed by atoms with van der Waals surface area (Å²) in [5, 5.41) is 2.80. The van der Waals surface area contributed by atoms with Crippen LogP contribution < -0.4 is 15.8 Å². The Labute approximate surface area is 112 Å². The summed E-state index contributed by atoms with van der Waals surface area (Å²) in [6, 6.07) is 5.38. The third-order valence-electron chi connectivity index (χ3n) is 3.64. The maximum atomic E-state index is 11.9. The Morgan fingerprint density at radius 1 is 1.37 bits per heavy atom. The van der Waals surface area contributed by atoms with Crippen LogP contribution in [-0.2, 0) is 4.74 Å². The Morgan fingerprint density at radius 2 is 2.26 bits per heavy atom. The molecule has 2 aliphatic rings. The van der Waals surface area contributed by atoms with Crippen molar-refractivity contribution in [2.75, 3.05) is 19.8 Å². The summed E-state index contributed by atoms with van der Waals surface area (Å²) in [5.41, 5.74) is 7.70. The van der Waals surface area contributed by atoms with Crippen LogP contribution in [0.15, 0.2) is 18.2 Å². The zero-order valence-corrected chi connectivity index (χ0v) is 10.7. The van der Waals surface area contributed by atoms with Crippen LogP contribution in [0, 0.1) is 0 Å². The molecule has 0 saturated carbocycles. The molecule has 3 rings (SSSR count). The summed E-state index contributed by atoms with van der Waals surface area (Å²) in [6.07, 6.45) is 2.07. The van der Waals surface area contributed by atoms with E-state index in [1.807, 2.05) is 18.2 Å². The van der Waals surface area contributed by atoms with E-state index >= 15 is 0 Å². The molecule has 1 aromatic rings. The highest BCUT2D eigenvalue weighted by Crippen LogP contribution is 2.29. The zero-order valence-electron chi connectivity index (χ0n) is 10.7. The lowest BCUT2D eigenvalue weighted by Gasteiger charge is -2.19. The van der Waals surface area contributed by atoms with Crippen LogP contribution >= 0.6 is 0 Å². The molecule has 2 atom stereocenters. The highest BCUT2D eigenvalue weighted by atomic mass is 16.5. The van der Waals surface area contributed by atoms with Crippen molar-refractivity contribution in [1.82, 2.24) is 5.32 Å². The number of nitrogens with two attached hydrogens (primary N) is 1. The molecular formula is C14H18N2O3. The van der Waals surface area contributed by atoms with Crippen LogP contribution in [0.2, 0.25) is 0 Å². The molecule has 1 saturated heterocycles. The Morgan fingerprint density at radius 3 is 3.05 bits per heavy atom. The molecule has 2 aliphatic heterocycles. The molecule has 0 radical (unpaired) electrons. The lowest BCUT2D eigenvalue weighted by molar-refractivity contribution is 0.0897. The van der Waals surface area contributed by atoms with Crippen molar-refractivity contribution in [3.63, 3.8) is 0 Å². The smallest absolute Gasteiger partial charge is 0.255 e. The minimum Gasteiger partial charge on any atom is -0.491 e. The van der Waals surface area contributed by atoms with Crippen LogP contribution in [0.1, 0.15) is 34.8 Å². The minimum atomic E-state index is -0.191. The van der Waals surface area contributed by atoms with Crippen molar-refractivity contribution in [2.24, 2.45) is 5.73 Å². The highest BCUT2D eigenvalue weighted by molar-refractivity contribution is 5.97. The van der Waals surface area contributed by atoms with Crippen molar-refractivity contribution in [2.45, 2.75) is 25.0 Å². The largest absolute Gasteiger partial charge is 0.491 e. The van der Waals surface area contributed by atoms with E-state index in [9.17, 15) is 4.79 Å². The predicted octanol–water partition coefficient (Wildman–Crippen LogP) is 0.988. The second-order valence-electron chi connectivity index (χ2n) is 4.94. The van der Waals surface area contributed by atoms with E-state index in [-0.39, 0.29) is 18.1 Å². The van der Waals surface area contributed by atoms with Crippen LogP contribution in [0.5, 0.6) is 5.75 Å². The normalized spacial score (nSPS) is 24.1. The first-order valence-electron chi connectivity index (χ1n) is 6.68. The Bertz CT molecular complexity index is 484. The number of rotatable bonds is 2. The van der Waals surface area contributed by atoms with Gasteiger partial charge in [-0.25, -0.2) is 0 Å². The number of ether oxygens (including phenoxy) is 2. The van der Waals surface area contributed by atoms with Crippen molar-refractivity contribution in [3.8, 4) is 5.75 Å². The molecule has 1 fully saturated rings. The maximum absolute atomic E-state index is 11.9. The van der Waals surface area contributed by atoms with Gasteiger partial charge in [-0.15, -0.1) is 0 Å². The van der Waals surface area contributed by atoms with Crippen LogP contribution in [0.25, 0.3) is 0 Å². The van der Waals surface area contributed by atoms with E-state index < -0.39 is 0 Å². The molecule has 5 nitrogen and oxygen atoms in total. The molecule has 1 amide bonds. The van der Waals surface area contributed by atoms with Crippen molar-refractivity contribution in [3.05, 3.63) is 29.3 Å². The number of carbonyl (C=O) groups excluding carboxylic acids is 1. The van der Waals surface area contributed by atoms with Crippen LogP contribution in [0.3, 0.4) is 0 Å². The molecule has 2 unspecified atom stereocenters. The summed E-state index contributed by atoms with van der Waals surface area (Å²) in [7, 11) is 0. The number of benzene rings is 1. The molecule has 2 heterocycles. The van der Waals surface area contributed by atoms with E-state index in [1.54, 1.807) is 0 Å². The van der Waals surface area contributed by atoms with Gasteiger partial charge in [0.05, 0.1) is 24.3 Å². The number of carbonyl (C=O) groups is 1. The number of nitrogens with one attached hydrogen (secondary N) is 1. The van der Waals surface area contributed by atoms with E-state index in [0.717, 1.165) is 25.0 Å². The van der Waals surface area contributed by atoms with Gasteiger partial charge in [0.25, 0.3) is 5.91 Å². The van der Waals surface area contributed by atoms with Crippen LogP contribution in [0.4, 0.5) is 0 Å². The van der Waals surface area contributed by atoms with Crippen molar-refractivity contribution >= 4 is 5.91 Å². The monoisotopic (exact) mass is 262 g/mol. The fourth-order valence-electron chi connectivity index (χ4n) is 2.58. The van der Waals surface area contributed by atoms with E-state index in [4.69, 9.17) is 15.2 Å². The van der Waals surface area contributed by atoms with Gasteiger partial charge in [-0.05, 0) is 30.5 Å². The summed E-state index contributed by atoms with van der Waals surface area (Å²) in [6.45, 7) is 1.80. The number of amides is 1. The minimum absolute atomic E-state index is 0.0489. The Balaban J connectivity index is 1.89. The first kappa shape index (κ1) is 12.4. The van der Waals surface area contributed by atoms with Gasteiger partial charge >= 0.3 is 0 Å². The third-order valence-corrected chi connectivity index (χ3v) is 3.64. The summed E-state index contributed by atoms with van der Waals surface area (Å²) in [5.74, 6) is 0.521. The fourth-order valence-corrected chi connectivity index (χ4v) is 2.58. The molecule has 0 aromatic heterocycles. The third kappa shape index (κ3) is 2.43. The lowest BCUT2D eigenvalue weighted by Crippen LogP contribution is -2.27. The summed E-state index contributed by atoms with van der Waals surface area (Å²) >= 11 is 0. The average molecular weight is 262 g/mol. The Hall–Kier alpha value is -1.59. The van der Waals surface area contributed by atoms with Gasteiger partial charge in [-0.1, -0.05) is 6.07 Å². The Kier molecular flexibility index (Phi) is 3.40. The van der Waals surface area contributed by atoms with Gasteiger partial charge in [-0.2, -0.15) is 0 Å². The van der Waals surface area contributed by atoms with Gasteiger partial charge in [0.2, 0.25) is 0 Å². The van der Waals surface area contributed by atoms with Gasteiger partial charge in [0, 0.05) is 6.61 Å². The SMILES string of the molecule is NC(c1ccc2c(c1)C(=O)NCCO2)C1CCCO1. The number of hydrogen-bond acceptors (Lipinski definition) is 4. The average Bonchev–Trinajstić information content (AvgIpc) is 2.90. The maximum Gasteiger partial charge on any atom is 0.255 e. The zero-order chi connectivity index (χ0) is 13.2. The van der Waals surface area contributed by atoms with E-state index in [1.165, 1.54) is 0 Å². The van der Waals surface area contributed by atoms with Gasteiger partial charge in [0.1, 0.15) is 12.4 Å². The predicted molar refractivity (Wildman–Crippen MR) is 70.2 cm³/mol. The second-order valence-corrected chi connectivity index (χ2v) is 4.94. The molecule has 5 heteroatoms. The standard InChI is InChI=1S/C14H18N2O3/c15-13(12-2-1-6-18-12)9-3-4-11-10(8-9)14(17)16-5-7-19-11/h3-4,8,12-13H,1-2,5-7,15H2,(H,16,17). The summed E-state index contributed by atoms with van der Waals surface area (Å²) < 4.78 is 11.1. The molecule has 1 aromatic carbocycles. The second kappa shape index (κ2) is 5.19. The van der Waals surface area contributed by atoms with Gasteiger partial charge in [-0.3, -0.25) is 4.79 Å². The highest BCUT2D eigenvalue weighted by Gasteiger charge is 2.26. The molecule has 102 valence electrons. The van der Waals surface area contributed by atoms with Crippen LogP contribution in [-0.4, -0.2) is 31.8 Å². The first-order chi connectivity index (χ1) is 9.25. The molecule has 19 heavy (non-hydrogen) atoms. The number of fused-ring (bicyclic) bond motifs is 1. The molecule has 0 aliphatic carbocycles. The first-order valence-corrected chi connectivity index (χ1v) is 6.68. The molecule has 0 spiro atoms. The summed E-state index contributed by atoms with van der Waals surface area (Å²) in [4.78, 5) is 11.9. The molecular weight excluding hydrogens is 244 g/mol. The quantitative estimate of drug-likeness (QED) is 0.833. The van der Waals surface area contributed by atoms with Gasteiger partial charge in [0.15, 0.2) is 0 Å². The molecule has 3 N–H and O–H groups in total. The fraction of sp³-hybridized carbons (Fsp3) is 0.500. The van der Waals surface area contributed by atoms with E-state index in [2.05, 4.69) is 5.32 Å².